The third-order valence-electron chi connectivity index (χ3n) is 2.33. The van der Waals surface area contributed by atoms with Crippen LogP contribution in [0, 0.1) is 17.6 Å². The summed E-state index contributed by atoms with van der Waals surface area (Å²) in [6, 6.07) is 3.28. The van der Waals surface area contributed by atoms with E-state index in [0.717, 1.165) is 18.2 Å². The van der Waals surface area contributed by atoms with Crippen molar-refractivity contribution >= 4 is 5.69 Å². The third-order valence-corrected chi connectivity index (χ3v) is 2.33. The Bertz CT molecular complexity index is 326. The Morgan fingerprint density at radius 2 is 2.00 bits per heavy atom. The molecule has 0 bridgehead atoms. The first kappa shape index (κ1) is 11.9. The van der Waals surface area contributed by atoms with Gasteiger partial charge in [-0.3, -0.25) is 0 Å². The lowest BCUT2D eigenvalue weighted by atomic mass is 10.0. The van der Waals surface area contributed by atoms with Gasteiger partial charge in [-0.2, -0.15) is 0 Å². The number of hydrogen-bond acceptors (Lipinski definition) is 2. The van der Waals surface area contributed by atoms with Crippen LogP contribution >= 0.6 is 0 Å². The van der Waals surface area contributed by atoms with Crippen molar-refractivity contribution in [2.45, 2.75) is 19.9 Å². The van der Waals surface area contributed by atoms with E-state index in [9.17, 15) is 8.78 Å². The van der Waals surface area contributed by atoms with Crippen molar-refractivity contribution in [3.63, 3.8) is 0 Å². The van der Waals surface area contributed by atoms with Crippen molar-refractivity contribution < 1.29 is 8.78 Å². The van der Waals surface area contributed by atoms with E-state index < -0.39 is 11.6 Å². The normalized spacial score (nSPS) is 12.9. The minimum absolute atomic E-state index is 0.0544. The Hall–Kier alpha value is -1.16. The van der Waals surface area contributed by atoms with Gasteiger partial charge in [-0.25, -0.2) is 8.78 Å². The second kappa shape index (κ2) is 5.07. The molecule has 0 spiro atoms. The monoisotopic (exact) mass is 214 g/mol. The van der Waals surface area contributed by atoms with Crippen LogP contribution in [0.3, 0.4) is 0 Å². The van der Waals surface area contributed by atoms with E-state index in [1.54, 1.807) is 0 Å². The Labute approximate surface area is 88.5 Å². The summed E-state index contributed by atoms with van der Waals surface area (Å²) in [5.41, 5.74) is 5.70. The fraction of sp³-hybridized carbons (Fsp3) is 0.455. The van der Waals surface area contributed by atoms with Crippen LogP contribution in [0.1, 0.15) is 13.8 Å². The highest BCUT2D eigenvalue weighted by atomic mass is 19.1. The predicted molar refractivity (Wildman–Crippen MR) is 57.7 cm³/mol. The lowest BCUT2D eigenvalue weighted by Crippen LogP contribution is -2.34. The maximum Gasteiger partial charge on any atom is 0.146 e. The van der Waals surface area contributed by atoms with Crippen LogP contribution in [0.25, 0.3) is 0 Å². The van der Waals surface area contributed by atoms with Crippen LogP contribution in [-0.2, 0) is 0 Å². The molecule has 0 aliphatic heterocycles. The zero-order chi connectivity index (χ0) is 11.4. The van der Waals surface area contributed by atoms with Crippen LogP contribution < -0.4 is 11.1 Å². The first-order valence-electron chi connectivity index (χ1n) is 4.96. The average molecular weight is 214 g/mol. The maximum atomic E-state index is 13.3. The average Bonchev–Trinajstić information content (AvgIpc) is 2.18. The van der Waals surface area contributed by atoms with Crippen molar-refractivity contribution in [1.29, 1.82) is 0 Å². The van der Waals surface area contributed by atoms with Gasteiger partial charge in [-0.05, 0) is 24.1 Å². The summed E-state index contributed by atoms with van der Waals surface area (Å²) < 4.78 is 26.1. The molecule has 4 heteroatoms. The Kier molecular flexibility index (Phi) is 4.03. The smallest absolute Gasteiger partial charge is 0.146 e. The fourth-order valence-electron chi connectivity index (χ4n) is 1.31. The second-order valence-electron chi connectivity index (χ2n) is 3.85. The standard InChI is InChI=1S/C11H16F2N2/c1-7(2)11(6-14)15-10-5-8(12)3-4-9(10)13/h3-5,7,11,15H,6,14H2,1-2H3. The maximum absolute atomic E-state index is 13.3. The van der Waals surface area contributed by atoms with Gasteiger partial charge in [0, 0.05) is 12.6 Å². The van der Waals surface area contributed by atoms with Crippen LogP contribution in [-0.4, -0.2) is 12.6 Å². The molecule has 0 heterocycles. The zero-order valence-corrected chi connectivity index (χ0v) is 8.93. The fourth-order valence-corrected chi connectivity index (χ4v) is 1.31. The van der Waals surface area contributed by atoms with Crippen molar-refractivity contribution in [2.24, 2.45) is 11.7 Å². The van der Waals surface area contributed by atoms with E-state index in [4.69, 9.17) is 5.73 Å². The van der Waals surface area contributed by atoms with Crippen molar-refractivity contribution in [3.05, 3.63) is 29.8 Å². The number of nitrogens with one attached hydrogen (secondary N) is 1. The van der Waals surface area contributed by atoms with Gasteiger partial charge in [0.25, 0.3) is 0 Å². The van der Waals surface area contributed by atoms with Gasteiger partial charge in [0.2, 0.25) is 0 Å². The molecule has 0 fully saturated rings. The molecule has 1 rings (SSSR count). The molecule has 0 saturated heterocycles. The highest BCUT2D eigenvalue weighted by Crippen LogP contribution is 2.18. The summed E-state index contributed by atoms with van der Waals surface area (Å²) in [6.07, 6.45) is 0. The molecular weight excluding hydrogens is 198 g/mol. The van der Waals surface area contributed by atoms with E-state index in [1.165, 1.54) is 0 Å². The molecular formula is C11H16F2N2. The number of hydrogen-bond donors (Lipinski definition) is 2. The number of halogens is 2. The van der Waals surface area contributed by atoms with Gasteiger partial charge < -0.3 is 11.1 Å². The summed E-state index contributed by atoms with van der Waals surface area (Å²) in [7, 11) is 0. The molecule has 1 unspecified atom stereocenters. The summed E-state index contributed by atoms with van der Waals surface area (Å²) in [6.45, 7) is 4.33. The summed E-state index contributed by atoms with van der Waals surface area (Å²) in [5, 5.41) is 2.90. The number of nitrogens with two attached hydrogens (primary N) is 1. The van der Waals surface area contributed by atoms with Crippen molar-refractivity contribution in [2.75, 3.05) is 11.9 Å². The molecule has 1 aromatic rings. The van der Waals surface area contributed by atoms with Crippen LogP contribution in [0.4, 0.5) is 14.5 Å². The Morgan fingerprint density at radius 1 is 1.33 bits per heavy atom. The predicted octanol–water partition coefficient (Wildman–Crippen LogP) is 2.36. The van der Waals surface area contributed by atoms with E-state index in [-0.39, 0.29) is 17.6 Å². The lowest BCUT2D eigenvalue weighted by molar-refractivity contribution is 0.524. The minimum atomic E-state index is -0.462. The molecule has 0 saturated carbocycles. The van der Waals surface area contributed by atoms with E-state index in [1.807, 2.05) is 13.8 Å². The van der Waals surface area contributed by atoms with Gasteiger partial charge in [0.15, 0.2) is 0 Å². The quantitative estimate of drug-likeness (QED) is 0.807. The van der Waals surface area contributed by atoms with Gasteiger partial charge in [-0.1, -0.05) is 13.8 Å². The van der Waals surface area contributed by atoms with E-state index in [0.29, 0.717) is 6.54 Å². The Balaban J connectivity index is 2.82. The first-order chi connectivity index (χ1) is 7.04. The first-order valence-corrected chi connectivity index (χ1v) is 4.96. The van der Waals surface area contributed by atoms with Gasteiger partial charge in [0.1, 0.15) is 11.6 Å². The molecule has 0 aromatic heterocycles. The van der Waals surface area contributed by atoms with E-state index in [2.05, 4.69) is 5.32 Å². The summed E-state index contributed by atoms with van der Waals surface area (Å²) in [5.74, 6) is -0.661. The summed E-state index contributed by atoms with van der Waals surface area (Å²) in [4.78, 5) is 0. The Morgan fingerprint density at radius 3 is 2.53 bits per heavy atom. The second-order valence-corrected chi connectivity index (χ2v) is 3.85. The molecule has 0 amide bonds. The molecule has 0 radical (unpaired) electrons. The SMILES string of the molecule is CC(C)C(CN)Nc1cc(F)ccc1F. The van der Waals surface area contributed by atoms with E-state index >= 15 is 0 Å². The number of anilines is 1. The molecule has 84 valence electrons. The van der Waals surface area contributed by atoms with Crippen molar-refractivity contribution in [3.8, 4) is 0 Å². The largest absolute Gasteiger partial charge is 0.378 e. The highest BCUT2D eigenvalue weighted by Gasteiger charge is 2.13. The molecule has 2 nitrogen and oxygen atoms in total. The topological polar surface area (TPSA) is 38.0 Å². The van der Waals surface area contributed by atoms with Gasteiger partial charge in [0.05, 0.1) is 5.69 Å². The molecule has 1 atom stereocenters. The van der Waals surface area contributed by atoms with Crippen LogP contribution in [0.2, 0.25) is 0 Å². The molecule has 0 aliphatic carbocycles. The van der Waals surface area contributed by atoms with Crippen LogP contribution in [0.15, 0.2) is 18.2 Å². The number of rotatable bonds is 4. The lowest BCUT2D eigenvalue weighted by Gasteiger charge is -2.22. The van der Waals surface area contributed by atoms with Gasteiger partial charge in [-0.15, -0.1) is 0 Å². The summed E-state index contributed by atoms with van der Waals surface area (Å²) >= 11 is 0. The molecule has 15 heavy (non-hydrogen) atoms. The number of benzene rings is 1. The van der Waals surface area contributed by atoms with Crippen molar-refractivity contribution in [1.82, 2.24) is 0 Å². The van der Waals surface area contributed by atoms with Crippen LogP contribution in [0.5, 0.6) is 0 Å². The van der Waals surface area contributed by atoms with Gasteiger partial charge >= 0.3 is 0 Å². The molecule has 0 aliphatic rings. The highest BCUT2D eigenvalue weighted by molar-refractivity contribution is 5.45. The zero-order valence-electron chi connectivity index (χ0n) is 8.93. The third kappa shape index (κ3) is 3.16. The molecule has 1 aromatic carbocycles. The minimum Gasteiger partial charge on any atom is -0.378 e. The molecule has 3 N–H and O–H groups in total.